The molecule has 0 aromatic heterocycles. The van der Waals surface area contributed by atoms with Crippen molar-refractivity contribution in [2.24, 2.45) is 0 Å². The molecule has 0 spiro atoms. The number of rotatable bonds is 10. The molecule has 3 aromatic carbocycles. The highest BCUT2D eigenvalue weighted by molar-refractivity contribution is 5.89. The SMILES string of the molecule is COc1ccc(OC)c(CCNC(=O)C2(c3ccccc3)CCN(C(=O)CCc3ccc(F)cc3)CC2)c1. The van der Waals surface area contributed by atoms with Crippen LogP contribution in [0.1, 0.15) is 36.0 Å². The molecule has 0 unspecified atom stereocenters. The van der Waals surface area contributed by atoms with Crippen molar-refractivity contribution >= 4 is 11.8 Å². The lowest BCUT2D eigenvalue weighted by Gasteiger charge is -2.41. The lowest BCUT2D eigenvalue weighted by molar-refractivity contribution is -0.136. The van der Waals surface area contributed by atoms with E-state index in [0.29, 0.717) is 51.7 Å². The number of piperidine rings is 1. The summed E-state index contributed by atoms with van der Waals surface area (Å²) in [5.74, 6) is 1.24. The van der Waals surface area contributed by atoms with E-state index in [2.05, 4.69) is 5.32 Å². The standard InChI is InChI=1S/C31H35FN2O4/c1-37-27-13-14-28(38-2)24(22-27)16-19-33-30(36)31(25-6-4-3-5-7-25)17-20-34(21-18-31)29(35)15-10-23-8-11-26(32)12-9-23/h3-9,11-14,22H,10,15-21H2,1-2H3,(H,33,36). The van der Waals surface area contributed by atoms with Gasteiger partial charge in [-0.15, -0.1) is 0 Å². The minimum atomic E-state index is -0.701. The van der Waals surface area contributed by atoms with Crippen molar-refractivity contribution in [3.8, 4) is 11.5 Å². The average molecular weight is 519 g/mol. The molecule has 0 saturated carbocycles. The first-order valence-electron chi connectivity index (χ1n) is 13.0. The highest BCUT2D eigenvalue weighted by atomic mass is 19.1. The molecular formula is C31H35FN2O4. The molecule has 1 N–H and O–H groups in total. The van der Waals surface area contributed by atoms with Crippen molar-refractivity contribution in [2.45, 2.75) is 37.5 Å². The topological polar surface area (TPSA) is 67.9 Å². The lowest BCUT2D eigenvalue weighted by atomic mass is 9.72. The Labute approximate surface area is 223 Å². The van der Waals surface area contributed by atoms with Gasteiger partial charge in [0.2, 0.25) is 11.8 Å². The number of hydrogen-bond acceptors (Lipinski definition) is 4. The van der Waals surface area contributed by atoms with Gasteiger partial charge in [0, 0.05) is 26.1 Å². The molecule has 7 heteroatoms. The summed E-state index contributed by atoms with van der Waals surface area (Å²) in [5, 5.41) is 3.15. The molecule has 6 nitrogen and oxygen atoms in total. The number of nitrogens with zero attached hydrogens (tertiary/aromatic N) is 1. The molecule has 0 aliphatic carbocycles. The van der Waals surface area contributed by atoms with Gasteiger partial charge in [0.1, 0.15) is 17.3 Å². The molecule has 1 aliphatic heterocycles. The second-order valence-corrected chi connectivity index (χ2v) is 9.64. The predicted octanol–water partition coefficient (Wildman–Crippen LogP) is 4.69. The minimum Gasteiger partial charge on any atom is -0.497 e. The number of carbonyl (C=O) groups excluding carboxylic acids is 2. The van der Waals surface area contributed by atoms with Gasteiger partial charge in [-0.25, -0.2) is 4.39 Å². The van der Waals surface area contributed by atoms with Gasteiger partial charge in [0.05, 0.1) is 19.6 Å². The molecular weight excluding hydrogens is 483 g/mol. The van der Waals surface area contributed by atoms with Gasteiger partial charge in [-0.2, -0.15) is 0 Å². The number of carbonyl (C=O) groups is 2. The van der Waals surface area contributed by atoms with E-state index in [9.17, 15) is 14.0 Å². The third kappa shape index (κ3) is 6.33. The number of halogens is 1. The van der Waals surface area contributed by atoms with Crippen molar-refractivity contribution in [3.05, 3.63) is 95.3 Å². The van der Waals surface area contributed by atoms with Gasteiger partial charge in [0.15, 0.2) is 0 Å². The summed E-state index contributed by atoms with van der Waals surface area (Å²) in [6, 6.07) is 21.7. The Bertz CT molecular complexity index is 1220. The summed E-state index contributed by atoms with van der Waals surface area (Å²) in [5.41, 5.74) is 2.16. The zero-order valence-corrected chi connectivity index (χ0v) is 22.0. The van der Waals surface area contributed by atoms with Crippen LogP contribution in [-0.2, 0) is 27.8 Å². The van der Waals surface area contributed by atoms with Crippen LogP contribution in [0.25, 0.3) is 0 Å². The quantitative estimate of drug-likeness (QED) is 0.423. The first-order valence-corrected chi connectivity index (χ1v) is 13.0. The summed E-state index contributed by atoms with van der Waals surface area (Å²) in [7, 11) is 3.25. The van der Waals surface area contributed by atoms with E-state index in [1.807, 2.05) is 53.4 Å². The Morgan fingerprint density at radius 2 is 1.63 bits per heavy atom. The van der Waals surface area contributed by atoms with Crippen molar-refractivity contribution in [1.29, 1.82) is 0 Å². The number of aryl methyl sites for hydroxylation is 1. The third-order valence-corrected chi connectivity index (χ3v) is 7.44. The Hall–Kier alpha value is -3.87. The van der Waals surface area contributed by atoms with Crippen LogP contribution in [0.4, 0.5) is 4.39 Å². The summed E-state index contributed by atoms with van der Waals surface area (Å²) >= 11 is 0. The summed E-state index contributed by atoms with van der Waals surface area (Å²) in [4.78, 5) is 28.5. The van der Waals surface area contributed by atoms with Crippen LogP contribution in [-0.4, -0.2) is 50.6 Å². The summed E-state index contributed by atoms with van der Waals surface area (Å²) in [6.45, 7) is 1.47. The van der Waals surface area contributed by atoms with Gasteiger partial charge in [-0.3, -0.25) is 9.59 Å². The molecule has 38 heavy (non-hydrogen) atoms. The zero-order chi connectivity index (χ0) is 27.0. The smallest absolute Gasteiger partial charge is 0.230 e. The monoisotopic (exact) mass is 518 g/mol. The van der Waals surface area contributed by atoms with E-state index in [1.165, 1.54) is 12.1 Å². The van der Waals surface area contributed by atoms with Crippen LogP contribution in [0.3, 0.4) is 0 Å². The van der Waals surface area contributed by atoms with Gasteiger partial charge < -0.3 is 19.7 Å². The van der Waals surface area contributed by atoms with Crippen molar-refractivity contribution in [1.82, 2.24) is 10.2 Å². The average Bonchev–Trinajstić information content (AvgIpc) is 2.97. The number of ether oxygens (including phenoxy) is 2. The molecule has 1 aliphatic rings. The van der Waals surface area contributed by atoms with E-state index in [4.69, 9.17) is 9.47 Å². The molecule has 0 bridgehead atoms. The number of amides is 2. The van der Waals surface area contributed by atoms with E-state index < -0.39 is 5.41 Å². The molecule has 1 fully saturated rings. The number of likely N-dealkylation sites (tertiary alicyclic amines) is 1. The van der Waals surface area contributed by atoms with E-state index >= 15 is 0 Å². The van der Waals surface area contributed by atoms with Gasteiger partial charge in [-0.1, -0.05) is 42.5 Å². The maximum absolute atomic E-state index is 13.7. The minimum absolute atomic E-state index is 0.0241. The largest absolute Gasteiger partial charge is 0.497 e. The molecule has 3 aromatic rings. The van der Waals surface area contributed by atoms with E-state index in [0.717, 1.165) is 28.2 Å². The Kier molecular flexibility index (Phi) is 9.00. The normalized spacial score (nSPS) is 14.6. The van der Waals surface area contributed by atoms with Crippen LogP contribution < -0.4 is 14.8 Å². The fraction of sp³-hybridized carbons (Fsp3) is 0.355. The second-order valence-electron chi connectivity index (χ2n) is 9.64. The summed E-state index contributed by atoms with van der Waals surface area (Å²) < 4.78 is 24.0. The van der Waals surface area contributed by atoms with Crippen LogP contribution in [0.2, 0.25) is 0 Å². The third-order valence-electron chi connectivity index (χ3n) is 7.44. The molecule has 1 saturated heterocycles. The highest BCUT2D eigenvalue weighted by Gasteiger charge is 2.43. The van der Waals surface area contributed by atoms with Crippen LogP contribution in [0.5, 0.6) is 11.5 Å². The number of hydrogen-bond donors (Lipinski definition) is 1. The highest BCUT2D eigenvalue weighted by Crippen LogP contribution is 2.36. The van der Waals surface area contributed by atoms with Gasteiger partial charge in [-0.05, 0) is 72.7 Å². The zero-order valence-electron chi connectivity index (χ0n) is 22.0. The maximum atomic E-state index is 13.7. The Morgan fingerprint density at radius 3 is 2.29 bits per heavy atom. The first kappa shape index (κ1) is 27.2. The lowest BCUT2D eigenvalue weighted by Crippen LogP contribution is -2.53. The Morgan fingerprint density at radius 1 is 0.921 bits per heavy atom. The number of methoxy groups -OCH3 is 2. The van der Waals surface area contributed by atoms with Crippen molar-refractivity contribution < 1.29 is 23.5 Å². The Balaban J connectivity index is 1.40. The van der Waals surface area contributed by atoms with Gasteiger partial charge in [0.25, 0.3) is 0 Å². The van der Waals surface area contributed by atoms with Crippen molar-refractivity contribution in [3.63, 3.8) is 0 Å². The van der Waals surface area contributed by atoms with Gasteiger partial charge >= 0.3 is 0 Å². The predicted molar refractivity (Wildman–Crippen MR) is 145 cm³/mol. The molecule has 1 heterocycles. The second kappa shape index (κ2) is 12.6. The summed E-state index contributed by atoms with van der Waals surface area (Å²) in [6.07, 6.45) is 2.62. The molecule has 0 atom stereocenters. The number of nitrogens with one attached hydrogen (secondary N) is 1. The van der Waals surface area contributed by atoms with Crippen molar-refractivity contribution in [2.75, 3.05) is 33.9 Å². The molecule has 0 radical (unpaired) electrons. The van der Waals surface area contributed by atoms with E-state index in [-0.39, 0.29) is 17.6 Å². The number of benzene rings is 3. The maximum Gasteiger partial charge on any atom is 0.230 e. The van der Waals surface area contributed by atoms with Crippen LogP contribution >= 0.6 is 0 Å². The molecule has 2 amide bonds. The molecule has 200 valence electrons. The molecule has 4 rings (SSSR count). The van der Waals surface area contributed by atoms with Crippen LogP contribution in [0.15, 0.2) is 72.8 Å². The van der Waals surface area contributed by atoms with Crippen LogP contribution in [0, 0.1) is 5.82 Å². The van der Waals surface area contributed by atoms with E-state index in [1.54, 1.807) is 26.4 Å². The fourth-order valence-electron chi connectivity index (χ4n) is 5.16. The first-order chi connectivity index (χ1) is 18.4. The fourth-order valence-corrected chi connectivity index (χ4v) is 5.16.